The number of rotatable bonds is 5. The van der Waals surface area contributed by atoms with Crippen LogP contribution < -0.4 is 10.1 Å². The largest absolute Gasteiger partial charge is 0.484 e. The highest BCUT2D eigenvalue weighted by molar-refractivity contribution is 9.10. The maximum absolute atomic E-state index is 11.6. The molecule has 1 heterocycles. The van der Waals surface area contributed by atoms with E-state index in [1.807, 2.05) is 11.4 Å². The van der Waals surface area contributed by atoms with E-state index in [9.17, 15) is 4.79 Å². The Bertz CT molecular complexity index is 573. The molecule has 0 aliphatic heterocycles. The van der Waals surface area contributed by atoms with Gasteiger partial charge in [-0.25, -0.2) is 0 Å². The summed E-state index contributed by atoms with van der Waals surface area (Å²) < 4.78 is 6.36. The first-order chi connectivity index (χ1) is 9.13. The first kappa shape index (κ1) is 14.4. The van der Waals surface area contributed by atoms with Crippen LogP contribution in [0.3, 0.4) is 0 Å². The summed E-state index contributed by atoms with van der Waals surface area (Å²) in [5.41, 5.74) is 0. The molecule has 0 fully saturated rings. The third-order valence-electron chi connectivity index (χ3n) is 2.25. The van der Waals surface area contributed by atoms with Crippen molar-refractivity contribution in [1.82, 2.24) is 5.32 Å². The summed E-state index contributed by atoms with van der Waals surface area (Å²) in [6.07, 6.45) is 0. The molecule has 6 heteroatoms. The number of thiophene rings is 1. The molecule has 0 unspecified atom stereocenters. The van der Waals surface area contributed by atoms with E-state index in [1.54, 1.807) is 35.6 Å². The van der Waals surface area contributed by atoms with Gasteiger partial charge in [-0.3, -0.25) is 4.79 Å². The summed E-state index contributed by atoms with van der Waals surface area (Å²) in [6.45, 7) is 0.487. The highest BCUT2D eigenvalue weighted by Gasteiger charge is 2.04. The fourth-order valence-corrected chi connectivity index (χ4v) is 2.96. The topological polar surface area (TPSA) is 38.3 Å². The number of nitrogens with one attached hydrogen (secondary N) is 1. The van der Waals surface area contributed by atoms with Crippen LogP contribution in [0.4, 0.5) is 0 Å². The Labute approximate surface area is 128 Å². The molecule has 100 valence electrons. The van der Waals surface area contributed by atoms with Crippen LogP contribution in [0.1, 0.15) is 4.88 Å². The second-order valence-electron chi connectivity index (χ2n) is 3.75. The van der Waals surface area contributed by atoms with Gasteiger partial charge in [0.2, 0.25) is 0 Å². The Morgan fingerprint density at radius 1 is 1.42 bits per heavy atom. The molecule has 0 spiro atoms. The van der Waals surface area contributed by atoms with E-state index in [-0.39, 0.29) is 12.5 Å². The van der Waals surface area contributed by atoms with Crippen LogP contribution in [-0.4, -0.2) is 12.5 Å². The SMILES string of the molecule is O=C(COc1cccc(Cl)c1)NCc1cc(Br)cs1. The zero-order chi connectivity index (χ0) is 13.7. The molecule has 1 aromatic heterocycles. The van der Waals surface area contributed by atoms with Crippen molar-refractivity contribution >= 4 is 44.8 Å². The minimum Gasteiger partial charge on any atom is -0.484 e. The fraction of sp³-hybridized carbons (Fsp3) is 0.154. The second kappa shape index (κ2) is 6.93. The number of hydrogen-bond acceptors (Lipinski definition) is 3. The van der Waals surface area contributed by atoms with Gasteiger partial charge in [0.25, 0.3) is 5.91 Å². The molecule has 0 aliphatic carbocycles. The van der Waals surface area contributed by atoms with Gasteiger partial charge in [0.05, 0.1) is 6.54 Å². The highest BCUT2D eigenvalue weighted by atomic mass is 79.9. The lowest BCUT2D eigenvalue weighted by molar-refractivity contribution is -0.123. The van der Waals surface area contributed by atoms with Crippen LogP contribution in [0.2, 0.25) is 5.02 Å². The fourth-order valence-electron chi connectivity index (χ4n) is 1.39. The summed E-state index contributed by atoms with van der Waals surface area (Å²) in [7, 11) is 0. The highest BCUT2D eigenvalue weighted by Crippen LogP contribution is 2.19. The van der Waals surface area contributed by atoms with Crippen molar-refractivity contribution in [3.8, 4) is 5.75 Å². The van der Waals surface area contributed by atoms with Gasteiger partial charge in [-0.1, -0.05) is 17.7 Å². The van der Waals surface area contributed by atoms with Crippen LogP contribution in [0.25, 0.3) is 0 Å². The average Bonchev–Trinajstić information content (AvgIpc) is 2.80. The monoisotopic (exact) mass is 359 g/mol. The van der Waals surface area contributed by atoms with Crippen molar-refractivity contribution in [2.45, 2.75) is 6.54 Å². The van der Waals surface area contributed by atoms with Crippen molar-refractivity contribution in [3.05, 3.63) is 50.1 Å². The Kier molecular flexibility index (Phi) is 5.24. The molecular formula is C13H11BrClNO2S. The zero-order valence-corrected chi connectivity index (χ0v) is 13.0. The van der Waals surface area contributed by atoms with E-state index in [2.05, 4.69) is 21.2 Å². The van der Waals surface area contributed by atoms with E-state index in [0.29, 0.717) is 17.3 Å². The third kappa shape index (κ3) is 4.86. The van der Waals surface area contributed by atoms with Gasteiger partial charge < -0.3 is 10.1 Å². The van der Waals surface area contributed by atoms with Crippen molar-refractivity contribution in [1.29, 1.82) is 0 Å². The molecule has 1 N–H and O–H groups in total. The number of benzene rings is 1. The molecule has 3 nitrogen and oxygen atoms in total. The lowest BCUT2D eigenvalue weighted by atomic mass is 10.3. The Balaban J connectivity index is 1.75. The van der Waals surface area contributed by atoms with E-state index in [0.717, 1.165) is 9.35 Å². The molecule has 19 heavy (non-hydrogen) atoms. The third-order valence-corrected chi connectivity index (χ3v) is 4.18. The van der Waals surface area contributed by atoms with Crippen molar-refractivity contribution in [2.75, 3.05) is 6.61 Å². The quantitative estimate of drug-likeness (QED) is 0.879. The molecule has 0 saturated heterocycles. The van der Waals surface area contributed by atoms with Crippen molar-refractivity contribution in [2.24, 2.45) is 0 Å². The maximum atomic E-state index is 11.6. The van der Waals surface area contributed by atoms with Gasteiger partial charge in [0, 0.05) is 19.8 Å². The van der Waals surface area contributed by atoms with Crippen molar-refractivity contribution in [3.63, 3.8) is 0 Å². The molecule has 2 rings (SSSR count). The van der Waals surface area contributed by atoms with Gasteiger partial charge >= 0.3 is 0 Å². The first-order valence-electron chi connectivity index (χ1n) is 5.51. The van der Waals surface area contributed by atoms with Crippen LogP contribution in [0, 0.1) is 0 Å². The van der Waals surface area contributed by atoms with Crippen LogP contribution in [0.5, 0.6) is 5.75 Å². The summed E-state index contributed by atoms with van der Waals surface area (Å²) in [5.74, 6) is 0.422. The Morgan fingerprint density at radius 2 is 2.26 bits per heavy atom. The molecule has 0 aliphatic rings. The molecule has 0 saturated carbocycles. The number of hydrogen-bond donors (Lipinski definition) is 1. The average molecular weight is 361 g/mol. The van der Waals surface area contributed by atoms with Crippen LogP contribution >= 0.6 is 38.9 Å². The second-order valence-corrected chi connectivity index (χ2v) is 6.10. The van der Waals surface area contributed by atoms with Gasteiger partial charge in [-0.15, -0.1) is 11.3 Å². The molecule has 1 amide bonds. The van der Waals surface area contributed by atoms with Gasteiger partial charge in [0.1, 0.15) is 5.75 Å². The molecule has 1 aromatic carbocycles. The Morgan fingerprint density at radius 3 is 2.95 bits per heavy atom. The molecular weight excluding hydrogens is 350 g/mol. The van der Waals surface area contributed by atoms with Gasteiger partial charge in [0.15, 0.2) is 6.61 Å². The smallest absolute Gasteiger partial charge is 0.258 e. The van der Waals surface area contributed by atoms with E-state index >= 15 is 0 Å². The molecule has 2 aromatic rings. The standard InChI is InChI=1S/C13H11BrClNO2S/c14-9-4-12(19-8-9)6-16-13(17)7-18-11-3-1-2-10(15)5-11/h1-5,8H,6-7H2,(H,16,17). The minimum absolute atomic E-state index is 0.0209. The Hall–Kier alpha value is -1.04. The van der Waals surface area contributed by atoms with E-state index < -0.39 is 0 Å². The normalized spacial score (nSPS) is 10.2. The lowest BCUT2D eigenvalue weighted by Crippen LogP contribution is -2.28. The number of amides is 1. The predicted octanol–water partition coefficient (Wildman–Crippen LogP) is 3.86. The predicted molar refractivity (Wildman–Crippen MR) is 80.8 cm³/mol. The van der Waals surface area contributed by atoms with Crippen molar-refractivity contribution < 1.29 is 9.53 Å². The summed E-state index contributed by atoms with van der Waals surface area (Å²) in [6, 6.07) is 8.94. The van der Waals surface area contributed by atoms with Gasteiger partial charge in [-0.2, -0.15) is 0 Å². The number of ether oxygens (including phenoxy) is 1. The minimum atomic E-state index is -0.163. The van der Waals surface area contributed by atoms with E-state index in [1.165, 1.54) is 0 Å². The number of carbonyl (C=O) groups is 1. The first-order valence-corrected chi connectivity index (χ1v) is 7.56. The number of carbonyl (C=O) groups excluding carboxylic acids is 1. The summed E-state index contributed by atoms with van der Waals surface area (Å²) in [5, 5.41) is 5.35. The number of halogens is 2. The zero-order valence-electron chi connectivity index (χ0n) is 9.86. The summed E-state index contributed by atoms with van der Waals surface area (Å²) >= 11 is 10.8. The van der Waals surface area contributed by atoms with Gasteiger partial charge in [-0.05, 0) is 40.2 Å². The molecule has 0 atom stereocenters. The van der Waals surface area contributed by atoms with Crippen LogP contribution in [0.15, 0.2) is 40.2 Å². The van der Waals surface area contributed by atoms with E-state index in [4.69, 9.17) is 16.3 Å². The molecule has 0 bridgehead atoms. The summed E-state index contributed by atoms with van der Waals surface area (Å²) in [4.78, 5) is 12.7. The molecule has 0 radical (unpaired) electrons. The maximum Gasteiger partial charge on any atom is 0.258 e. The lowest BCUT2D eigenvalue weighted by Gasteiger charge is -2.06. The van der Waals surface area contributed by atoms with Crippen LogP contribution in [-0.2, 0) is 11.3 Å².